The van der Waals surface area contributed by atoms with Gasteiger partial charge in [-0.15, -0.1) is 0 Å². The van der Waals surface area contributed by atoms with Crippen molar-refractivity contribution in [2.24, 2.45) is 5.16 Å². The largest absolute Gasteiger partial charge is 0.399 e. The van der Waals surface area contributed by atoms with E-state index in [1.54, 1.807) is 12.0 Å². The van der Waals surface area contributed by atoms with Crippen LogP contribution in [0.3, 0.4) is 0 Å². The minimum atomic E-state index is -0.0137. The minimum absolute atomic E-state index is 0.0111. The van der Waals surface area contributed by atoms with Crippen molar-refractivity contribution in [2.45, 2.75) is 12.5 Å². The standard InChI is InChI=1S/C20H22N2O3/c1-24-14-19-12-18(21-25-2)13-22(19)20(23)17-10-8-16(9-11-17)15-6-4-3-5-7-15/h3-11,19H,12-14H2,1-2H3/b21-18-/t19-/m0/s1. The fourth-order valence-electron chi connectivity index (χ4n) is 3.15. The van der Waals surface area contributed by atoms with Gasteiger partial charge in [0.25, 0.3) is 5.91 Å². The average molecular weight is 338 g/mol. The molecule has 5 heteroatoms. The zero-order valence-corrected chi connectivity index (χ0v) is 14.5. The number of ether oxygens (including phenoxy) is 1. The maximum Gasteiger partial charge on any atom is 0.254 e. The van der Waals surface area contributed by atoms with Crippen molar-refractivity contribution in [3.8, 4) is 11.1 Å². The van der Waals surface area contributed by atoms with Crippen LogP contribution in [-0.4, -0.2) is 49.9 Å². The molecule has 0 radical (unpaired) electrons. The molecule has 0 unspecified atom stereocenters. The van der Waals surface area contributed by atoms with Crippen LogP contribution in [-0.2, 0) is 9.57 Å². The van der Waals surface area contributed by atoms with Gasteiger partial charge in [-0.05, 0) is 23.3 Å². The highest BCUT2D eigenvalue weighted by atomic mass is 16.6. The predicted molar refractivity (Wildman–Crippen MR) is 97.6 cm³/mol. The Hall–Kier alpha value is -2.66. The molecule has 0 saturated carbocycles. The van der Waals surface area contributed by atoms with E-state index in [9.17, 15) is 4.79 Å². The summed E-state index contributed by atoms with van der Waals surface area (Å²) in [5.74, 6) is -0.0111. The van der Waals surface area contributed by atoms with Gasteiger partial charge in [0.15, 0.2) is 0 Å². The van der Waals surface area contributed by atoms with Gasteiger partial charge in [-0.2, -0.15) is 0 Å². The van der Waals surface area contributed by atoms with E-state index in [0.29, 0.717) is 25.1 Å². The molecule has 3 rings (SSSR count). The molecule has 1 amide bonds. The van der Waals surface area contributed by atoms with E-state index in [0.717, 1.165) is 16.8 Å². The molecule has 0 aromatic heterocycles. The van der Waals surface area contributed by atoms with Gasteiger partial charge in [0.05, 0.1) is 24.9 Å². The van der Waals surface area contributed by atoms with Gasteiger partial charge in [0.1, 0.15) is 7.11 Å². The van der Waals surface area contributed by atoms with E-state index < -0.39 is 0 Å². The fraction of sp³-hybridized carbons (Fsp3) is 0.300. The molecular weight excluding hydrogens is 316 g/mol. The Labute approximate surface area is 147 Å². The third-order valence-corrected chi connectivity index (χ3v) is 4.34. The lowest BCUT2D eigenvalue weighted by atomic mass is 10.0. The second-order valence-corrected chi connectivity index (χ2v) is 6.03. The van der Waals surface area contributed by atoms with E-state index in [4.69, 9.17) is 9.57 Å². The topological polar surface area (TPSA) is 51.1 Å². The highest BCUT2D eigenvalue weighted by Gasteiger charge is 2.33. The van der Waals surface area contributed by atoms with Crippen molar-refractivity contribution in [2.75, 3.05) is 27.4 Å². The van der Waals surface area contributed by atoms with Crippen LogP contribution in [0.4, 0.5) is 0 Å². The van der Waals surface area contributed by atoms with Gasteiger partial charge >= 0.3 is 0 Å². The van der Waals surface area contributed by atoms with Crippen molar-refractivity contribution < 1.29 is 14.4 Å². The minimum Gasteiger partial charge on any atom is -0.399 e. The lowest BCUT2D eigenvalue weighted by Gasteiger charge is -2.23. The van der Waals surface area contributed by atoms with E-state index in [1.807, 2.05) is 42.5 Å². The molecular formula is C20H22N2O3. The first-order valence-corrected chi connectivity index (χ1v) is 8.27. The monoisotopic (exact) mass is 338 g/mol. The normalized spacial score (nSPS) is 18.6. The SMILES string of the molecule is COC[C@@H]1C/C(=N/OC)CN1C(=O)c1ccc(-c2ccccc2)cc1. The quantitative estimate of drug-likeness (QED) is 0.787. The van der Waals surface area contributed by atoms with Crippen molar-refractivity contribution in [3.05, 3.63) is 60.2 Å². The van der Waals surface area contributed by atoms with Crippen LogP contribution in [0.25, 0.3) is 11.1 Å². The molecule has 0 N–H and O–H groups in total. The molecule has 130 valence electrons. The Kier molecular flexibility index (Phi) is 5.46. The number of likely N-dealkylation sites (tertiary alicyclic amines) is 1. The van der Waals surface area contributed by atoms with Crippen LogP contribution < -0.4 is 0 Å². The Morgan fingerprint density at radius 3 is 2.40 bits per heavy atom. The molecule has 0 spiro atoms. The molecule has 1 heterocycles. The third kappa shape index (κ3) is 3.88. The molecule has 2 aromatic rings. The van der Waals surface area contributed by atoms with Crippen molar-refractivity contribution in [1.29, 1.82) is 0 Å². The molecule has 0 bridgehead atoms. The zero-order chi connectivity index (χ0) is 17.6. The van der Waals surface area contributed by atoms with Gasteiger partial charge < -0.3 is 14.5 Å². The number of carbonyl (C=O) groups excluding carboxylic acids is 1. The number of nitrogens with zero attached hydrogens (tertiary/aromatic N) is 2. The Morgan fingerprint density at radius 1 is 1.08 bits per heavy atom. The number of amides is 1. The molecule has 1 atom stereocenters. The Morgan fingerprint density at radius 2 is 1.76 bits per heavy atom. The maximum atomic E-state index is 12.9. The number of oxime groups is 1. The van der Waals surface area contributed by atoms with Crippen LogP contribution in [0.5, 0.6) is 0 Å². The summed E-state index contributed by atoms with van der Waals surface area (Å²) in [5, 5.41) is 4.00. The first-order chi connectivity index (χ1) is 12.2. The van der Waals surface area contributed by atoms with E-state index in [1.165, 1.54) is 7.11 Å². The number of hydrogen-bond acceptors (Lipinski definition) is 4. The van der Waals surface area contributed by atoms with E-state index >= 15 is 0 Å². The van der Waals surface area contributed by atoms with Crippen molar-refractivity contribution >= 4 is 11.6 Å². The zero-order valence-electron chi connectivity index (χ0n) is 14.5. The van der Waals surface area contributed by atoms with Gasteiger partial charge in [0, 0.05) is 19.1 Å². The summed E-state index contributed by atoms with van der Waals surface area (Å²) in [6, 6.07) is 17.8. The summed E-state index contributed by atoms with van der Waals surface area (Å²) in [7, 11) is 3.16. The Balaban J connectivity index is 1.78. The summed E-state index contributed by atoms with van der Waals surface area (Å²) in [4.78, 5) is 19.6. The molecule has 0 aliphatic carbocycles. The number of rotatable bonds is 5. The summed E-state index contributed by atoms with van der Waals surface area (Å²) >= 11 is 0. The molecule has 1 aliphatic heterocycles. The lowest BCUT2D eigenvalue weighted by molar-refractivity contribution is 0.0632. The summed E-state index contributed by atoms with van der Waals surface area (Å²) in [6.45, 7) is 0.956. The van der Waals surface area contributed by atoms with Gasteiger partial charge in [-0.25, -0.2) is 0 Å². The maximum absolute atomic E-state index is 12.9. The molecule has 1 fully saturated rings. The summed E-state index contributed by atoms with van der Waals surface area (Å²) in [5.41, 5.74) is 3.75. The average Bonchev–Trinajstić information content (AvgIpc) is 3.05. The second kappa shape index (κ2) is 7.94. The third-order valence-electron chi connectivity index (χ3n) is 4.34. The number of benzene rings is 2. The van der Waals surface area contributed by atoms with Gasteiger partial charge in [-0.1, -0.05) is 47.6 Å². The van der Waals surface area contributed by atoms with E-state index in [2.05, 4.69) is 17.3 Å². The van der Waals surface area contributed by atoms with Crippen LogP contribution in [0.2, 0.25) is 0 Å². The second-order valence-electron chi connectivity index (χ2n) is 6.03. The van der Waals surface area contributed by atoms with E-state index in [-0.39, 0.29) is 11.9 Å². The molecule has 25 heavy (non-hydrogen) atoms. The lowest BCUT2D eigenvalue weighted by Crippen LogP contribution is -2.38. The number of methoxy groups -OCH3 is 1. The van der Waals surface area contributed by atoms with Gasteiger partial charge in [0.2, 0.25) is 0 Å². The highest BCUT2D eigenvalue weighted by molar-refractivity contribution is 6.00. The fourth-order valence-corrected chi connectivity index (χ4v) is 3.15. The summed E-state index contributed by atoms with van der Waals surface area (Å²) < 4.78 is 5.26. The van der Waals surface area contributed by atoms with Crippen molar-refractivity contribution in [3.63, 3.8) is 0 Å². The molecule has 1 saturated heterocycles. The van der Waals surface area contributed by atoms with Crippen LogP contribution in [0.15, 0.2) is 59.8 Å². The number of hydrogen-bond donors (Lipinski definition) is 0. The highest BCUT2D eigenvalue weighted by Crippen LogP contribution is 2.23. The first kappa shape index (κ1) is 17.2. The van der Waals surface area contributed by atoms with Crippen molar-refractivity contribution in [1.82, 2.24) is 4.90 Å². The predicted octanol–water partition coefficient (Wildman–Crippen LogP) is 3.22. The Bertz CT molecular complexity index is 741. The summed E-state index contributed by atoms with van der Waals surface area (Å²) in [6.07, 6.45) is 0.676. The molecule has 5 nitrogen and oxygen atoms in total. The smallest absolute Gasteiger partial charge is 0.254 e. The van der Waals surface area contributed by atoms with Crippen LogP contribution >= 0.6 is 0 Å². The van der Waals surface area contributed by atoms with Gasteiger partial charge in [-0.3, -0.25) is 4.79 Å². The molecule has 1 aliphatic rings. The van der Waals surface area contributed by atoms with Crippen LogP contribution in [0.1, 0.15) is 16.8 Å². The first-order valence-electron chi connectivity index (χ1n) is 8.27. The number of carbonyl (C=O) groups is 1. The molecule has 2 aromatic carbocycles. The van der Waals surface area contributed by atoms with Crippen LogP contribution in [0, 0.1) is 0 Å².